The average Bonchev–Trinajstić information content (AvgIpc) is 2.50. The third-order valence-electron chi connectivity index (χ3n) is 2.28. The third kappa shape index (κ3) is 5.99. The van der Waals surface area contributed by atoms with Crippen LogP contribution in [0.3, 0.4) is 0 Å². The number of nitrogens with zero attached hydrogens (tertiary/aromatic N) is 5. The molecular formula is C14H13N5O2. The predicted octanol–water partition coefficient (Wildman–Crippen LogP) is 1.95. The van der Waals surface area contributed by atoms with Crippen LogP contribution < -0.4 is 0 Å². The minimum atomic E-state index is -0.389. The molecule has 0 saturated carbocycles. The Kier molecular flexibility index (Phi) is 6.67. The molecule has 0 radical (unpaired) electrons. The Morgan fingerprint density at radius 1 is 1.24 bits per heavy atom. The first kappa shape index (κ1) is 15.9. The molecule has 0 saturated heterocycles. The second kappa shape index (κ2) is 8.83. The van der Waals surface area contributed by atoms with E-state index >= 15 is 0 Å². The normalized spacial score (nSPS) is 9.95. The quantitative estimate of drug-likeness (QED) is 0.452. The molecule has 0 atom stereocenters. The van der Waals surface area contributed by atoms with E-state index in [0.717, 1.165) is 11.1 Å². The van der Waals surface area contributed by atoms with Crippen molar-refractivity contribution in [1.82, 2.24) is 0 Å². The number of hydrogen-bond donors (Lipinski definition) is 0. The minimum absolute atomic E-state index is 0.143. The molecule has 0 aromatic heterocycles. The van der Waals surface area contributed by atoms with Gasteiger partial charge in [0.15, 0.2) is 6.61 Å². The van der Waals surface area contributed by atoms with Crippen molar-refractivity contribution in [3.8, 4) is 12.1 Å². The molecule has 0 bridgehead atoms. The molecular weight excluding hydrogens is 270 g/mol. The van der Waals surface area contributed by atoms with E-state index in [2.05, 4.69) is 22.0 Å². The standard InChI is InChI=1S/C14H13N5O2/c1-11-3-5-12(6-4-11)9-18-14(21-17-2)10-20-19-13(7-15)8-16/h3-6H,2,9-10H2,1H3. The van der Waals surface area contributed by atoms with Gasteiger partial charge in [0.1, 0.15) is 12.1 Å². The monoisotopic (exact) mass is 283 g/mol. The maximum atomic E-state index is 8.50. The molecule has 1 aromatic rings. The van der Waals surface area contributed by atoms with Gasteiger partial charge in [0.05, 0.1) is 6.54 Å². The highest BCUT2D eigenvalue weighted by Crippen LogP contribution is 2.05. The topological polar surface area (TPSA) is 103 Å². The van der Waals surface area contributed by atoms with Crippen LogP contribution in [-0.2, 0) is 16.2 Å². The molecule has 0 fully saturated rings. The van der Waals surface area contributed by atoms with Crippen LogP contribution >= 0.6 is 0 Å². The zero-order chi connectivity index (χ0) is 15.5. The fourth-order valence-electron chi connectivity index (χ4n) is 1.27. The van der Waals surface area contributed by atoms with E-state index in [9.17, 15) is 0 Å². The lowest BCUT2D eigenvalue weighted by molar-refractivity contribution is 0.161. The highest BCUT2D eigenvalue weighted by Gasteiger charge is 2.03. The maximum Gasteiger partial charge on any atom is 0.261 e. The van der Waals surface area contributed by atoms with E-state index in [4.69, 9.17) is 20.2 Å². The van der Waals surface area contributed by atoms with Crippen LogP contribution in [0.5, 0.6) is 0 Å². The number of rotatable bonds is 6. The molecule has 0 amide bonds. The zero-order valence-corrected chi connectivity index (χ0v) is 11.5. The van der Waals surface area contributed by atoms with Gasteiger partial charge in [0.25, 0.3) is 11.6 Å². The largest absolute Gasteiger partial charge is 0.384 e. The number of aliphatic imine (C=N–C) groups is 1. The van der Waals surface area contributed by atoms with Gasteiger partial charge in [-0.3, -0.25) is 0 Å². The second-order valence-electron chi connectivity index (χ2n) is 3.85. The number of aryl methyl sites for hydroxylation is 1. The summed E-state index contributed by atoms with van der Waals surface area (Å²) in [5.74, 6) is 0.143. The zero-order valence-electron chi connectivity index (χ0n) is 11.5. The highest BCUT2D eigenvalue weighted by atomic mass is 16.7. The Hall–Kier alpha value is -3.19. The smallest absolute Gasteiger partial charge is 0.261 e. The SMILES string of the molecule is C=NOC(CON=C(C#N)C#N)=NCc1ccc(C)cc1. The van der Waals surface area contributed by atoms with Crippen molar-refractivity contribution in [3.63, 3.8) is 0 Å². The summed E-state index contributed by atoms with van der Waals surface area (Å²) in [6, 6.07) is 11.0. The molecule has 106 valence electrons. The van der Waals surface area contributed by atoms with Gasteiger partial charge in [-0.2, -0.15) is 10.5 Å². The lowest BCUT2D eigenvalue weighted by atomic mass is 10.1. The maximum absolute atomic E-state index is 8.50. The van der Waals surface area contributed by atoms with Crippen LogP contribution in [0.15, 0.2) is 39.6 Å². The van der Waals surface area contributed by atoms with Crippen molar-refractivity contribution < 1.29 is 9.68 Å². The van der Waals surface area contributed by atoms with E-state index in [1.165, 1.54) is 0 Å². The van der Waals surface area contributed by atoms with Gasteiger partial charge >= 0.3 is 0 Å². The van der Waals surface area contributed by atoms with Crippen molar-refractivity contribution in [2.24, 2.45) is 15.3 Å². The van der Waals surface area contributed by atoms with Crippen LogP contribution in [0, 0.1) is 29.6 Å². The molecule has 0 unspecified atom stereocenters. The Balaban J connectivity index is 2.64. The molecule has 0 spiro atoms. The molecule has 21 heavy (non-hydrogen) atoms. The van der Waals surface area contributed by atoms with Gasteiger partial charge in [-0.05, 0) is 12.5 Å². The van der Waals surface area contributed by atoms with Crippen molar-refractivity contribution in [2.75, 3.05) is 6.61 Å². The second-order valence-corrected chi connectivity index (χ2v) is 3.85. The van der Waals surface area contributed by atoms with Crippen LogP contribution in [-0.4, -0.2) is 24.9 Å². The van der Waals surface area contributed by atoms with Crippen molar-refractivity contribution >= 4 is 18.3 Å². The van der Waals surface area contributed by atoms with Crippen LogP contribution in [0.4, 0.5) is 0 Å². The van der Waals surface area contributed by atoms with Gasteiger partial charge in [0, 0.05) is 6.72 Å². The molecule has 0 aliphatic carbocycles. The first-order chi connectivity index (χ1) is 10.2. The minimum Gasteiger partial charge on any atom is -0.384 e. The fraction of sp³-hybridized carbons (Fsp3) is 0.214. The molecule has 0 aliphatic heterocycles. The number of oxime groups is 2. The molecule has 7 nitrogen and oxygen atoms in total. The third-order valence-corrected chi connectivity index (χ3v) is 2.28. The van der Waals surface area contributed by atoms with Gasteiger partial charge in [-0.15, -0.1) is 0 Å². The Morgan fingerprint density at radius 3 is 2.48 bits per heavy atom. The van der Waals surface area contributed by atoms with E-state index < -0.39 is 0 Å². The van der Waals surface area contributed by atoms with E-state index in [1.807, 2.05) is 31.2 Å². The molecule has 1 aromatic carbocycles. The predicted molar refractivity (Wildman–Crippen MR) is 77.6 cm³/mol. The first-order valence-electron chi connectivity index (χ1n) is 5.91. The Morgan fingerprint density at radius 2 is 1.90 bits per heavy atom. The average molecular weight is 283 g/mol. The Labute approximate surface area is 122 Å². The van der Waals surface area contributed by atoms with Crippen molar-refractivity contribution in [3.05, 3.63) is 35.4 Å². The summed E-state index contributed by atoms with van der Waals surface area (Å²) in [5, 5.41) is 23.6. The molecule has 0 aliphatic rings. The summed E-state index contributed by atoms with van der Waals surface area (Å²) in [6.45, 7) is 5.41. The van der Waals surface area contributed by atoms with Crippen molar-refractivity contribution in [1.29, 1.82) is 10.5 Å². The fourth-order valence-corrected chi connectivity index (χ4v) is 1.27. The number of benzene rings is 1. The van der Waals surface area contributed by atoms with Gasteiger partial charge in [-0.1, -0.05) is 40.1 Å². The lowest BCUT2D eigenvalue weighted by Gasteiger charge is -2.03. The van der Waals surface area contributed by atoms with Crippen LogP contribution in [0.25, 0.3) is 0 Å². The summed E-state index contributed by atoms with van der Waals surface area (Å²) in [5.41, 5.74) is 1.76. The first-order valence-corrected chi connectivity index (χ1v) is 5.91. The summed E-state index contributed by atoms with van der Waals surface area (Å²) in [4.78, 5) is 13.8. The molecule has 7 heteroatoms. The number of hydrogen-bond acceptors (Lipinski definition) is 7. The summed E-state index contributed by atoms with van der Waals surface area (Å²) in [6.07, 6.45) is 0. The highest BCUT2D eigenvalue weighted by molar-refractivity contribution is 6.09. The van der Waals surface area contributed by atoms with Crippen molar-refractivity contribution in [2.45, 2.75) is 13.5 Å². The summed E-state index contributed by atoms with van der Waals surface area (Å²) >= 11 is 0. The summed E-state index contributed by atoms with van der Waals surface area (Å²) < 4.78 is 0. The molecule has 0 N–H and O–H groups in total. The van der Waals surface area contributed by atoms with E-state index in [-0.39, 0.29) is 18.2 Å². The van der Waals surface area contributed by atoms with Gasteiger partial charge in [0.2, 0.25) is 0 Å². The van der Waals surface area contributed by atoms with E-state index in [0.29, 0.717) is 6.54 Å². The lowest BCUT2D eigenvalue weighted by Crippen LogP contribution is -2.09. The van der Waals surface area contributed by atoms with Gasteiger partial charge < -0.3 is 9.68 Å². The molecule has 1 rings (SSSR count). The van der Waals surface area contributed by atoms with E-state index in [1.54, 1.807) is 12.1 Å². The Bertz CT molecular complexity index is 604. The molecule has 0 heterocycles. The summed E-state index contributed by atoms with van der Waals surface area (Å²) in [7, 11) is 0. The van der Waals surface area contributed by atoms with Crippen LogP contribution in [0.2, 0.25) is 0 Å². The van der Waals surface area contributed by atoms with Gasteiger partial charge in [-0.25, -0.2) is 4.99 Å². The van der Waals surface area contributed by atoms with Crippen LogP contribution in [0.1, 0.15) is 11.1 Å². The number of nitriles is 2.